The van der Waals surface area contributed by atoms with Crippen molar-refractivity contribution in [1.82, 2.24) is 30.7 Å². The van der Waals surface area contributed by atoms with E-state index < -0.39 is 6.04 Å². The smallest absolute Gasteiger partial charge is 0.315 e. The van der Waals surface area contributed by atoms with E-state index >= 15 is 0 Å². The fraction of sp³-hybridized carbons (Fsp3) is 0.485. The maximum atomic E-state index is 14.1. The second-order valence-electron chi connectivity index (χ2n) is 12.4. The number of likely N-dealkylation sites (N-methyl/N-ethyl adjacent to an activating group) is 1. The van der Waals surface area contributed by atoms with Gasteiger partial charge in [0.15, 0.2) is 0 Å². The van der Waals surface area contributed by atoms with E-state index in [0.29, 0.717) is 19.5 Å². The number of nitrogens with zero attached hydrogens (tertiary/aromatic N) is 2. The summed E-state index contributed by atoms with van der Waals surface area (Å²) in [6, 6.07) is 15.5. The Balaban J connectivity index is 1.19. The first kappa shape index (κ1) is 28.3. The number of benzene rings is 2. The average molecular weight is 571 g/mol. The Morgan fingerprint density at radius 1 is 1.02 bits per heavy atom. The van der Waals surface area contributed by atoms with E-state index in [9.17, 15) is 14.4 Å². The minimum absolute atomic E-state index is 0.0530. The summed E-state index contributed by atoms with van der Waals surface area (Å²) >= 11 is 0. The van der Waals surface area contributed by atoms with Gasteiger partial charge in [0.05, 0.1) is 5.92 Å². The second kappa shape index (κ2) is 11.8. The van der Waals surface area contributed by atoms with Gasteiger partial charge in [-0.3, -0.25) is 9.59 Å². The lowest BCUT2D eigenvalue weighted by Gasteiger charge is -2.41. The first-order valence-corrected chi connectivity index (χ1v) is 15.3. The predicted octanol–water partition coefficient (Wildman–Crippen LogP) is 3.27. The van der Waals surface area contributed by atoms with Gasteiger partial charge in [-0.1, -0.05) is 42.5 Å². The van der Waals surface area contributed by atoms with Gasteiger partial charge in [-0.25, -0.2) is 4.79 Å². The molecule has 1 spiro atoms. The summed E-state index contributed by atoms with van der Waals surface area (Å²) in [7, 11) is 3.64. The molecule has 2 aromatic carbocycles. The molecular weight excluding hydrogens is 528 g/mol. The van der Waals surface area contributed by atoms with E-state index in [1.165, 1.54) is 5.56 Å². The molecule has 4 N–H and O–H groups in total. The molecule has 6 rings (SSSR count). The van der Waals surface area contributed by atoms with E-state index in [0.717, 1.165) is 67.2 Å². The zero-order valence-electron chi connectivity index (χ0n) is 24.6. The topological polar surface area (TPSA) is 110 Å². The molecule has 9 nitrogen and oxygen atoms in total. The van der Waals surface area contributed by atoms with Gasteiger partial charge in [0.25, 0.3) is 0 Å². The van der Waals surface area contributed by atoms with Crippen molar-refractivity contribution < 1.29 is 14.4 Å². The molecule has 1 aliphatic carbocycles. The van der Waals surface area contributed by atoms with Crippen molar-refractivity contribution in [2.75, 3.05) is 40.3 Å². The zero-order valence-corrected chi connectivity index (χ0v) is 24.6. The van der Waals surface area contributed by atoms with Crippen LogP contribution in [0.4, 0.5) is 4.79 Å². The molecule has 222 valence electrons. The molecule has 9 heteroatoms. The van der Waals surface area contributed by atoms with Crippen LogP contribution >= 0.6 is 0 Å². The molecule has 0 radical (unpaired) electrons. The number of para-hydroxylation sites is 1. The minimum Gasteiger partial charge on any atom is -0.361 e. The maximum absolute atomic E-state index is 14.1. The third-order valence-corrected chi connectivity index (χ3v) is 9.65. The molecule has 0 unspecified atom stereocenters. The molecule has 3 aliphatic rings. The highest BCUT2D eigenvalue weighted by atomic mass is 16.2. The van der Waals surface area contributed by atoms with E-state index in [-0.39, 0.29) is 35.2 Å². The highest BCUT2D eigenvalue weighted by molar-refractivity contribution is 5.90. The Morgan fingerprint density at radius 2 is 1.74 bits per heavy atom. The normalized spacial score (nSPS) is 20.7. The molecule has 0 bridgehead atoms. The molecule has 42 heavy (non-hydrogen) atoms. The first-order chi connectivity index (χ1) is 20.3. The van der Waals surface area contributed by atoms with Crippen LogP contribution in [0.15, 0.2) is 54.7 Å². The Hall–Kier alpha value is -3.85. The van der Waals surface area contributed by atoms with Crippen molar-refractivity contribution in [2.24, 2.45) is 0 Å². The second-order valence-corrected chi connectivity index (χ2v) is 12.4. The molecule has 2 fully saturated rings. The van der Waals surface area contributed by atoms with Crippen molar-refractivity contribution in [2.45, 2.75) is 61.9 Å². The summed E-state index contributed by atoms with van der Waals surface area (Å²) in [6.45, 7) is 2.95. The molecule has 2 saturated heterocycles. The van der Waals surface area contributed by atoms with Crippen molar-refractivity contribution in [3.63, 3.8) is 0 Å². The highest BCUT2D eigenvalue weighted by Crippen LogP contribution is 2.52. The number of amides is 4. The predicted molar refractivity (Wildman–Crippen MR) is 163 cm³/mol. The van der Waals surface area contributed by atoms with E-state index in [2.05, 4.69) is 39.1 Å². The number of rotatable bonds is 6. The van der Waals surface area contributed by atoms with Crippen molar-refractivity contribution in [3.8, 4) is 0 Å². The Morgan fingerprint density at radius 3 is 2.50 bits per heavy atom. The number of likely N-dealkylation sites (tertiary alicyclic amines) is 1. The van der Waals surface area contributed by atoms with Gasteiger partial charge >= 0.3 is 6.03 Å². The Labute approximate surface area is 247 Å². The summed E-state index contributed by atoms with van der Waals surface area (Å²) in [5.41, 5.74) is 4.29. The number of H-pyrrole nitrogens is 1. The number of carbonyl (C=O) groups excluding carboxylic acids is 3. The van der Waals surface area contributed by atoms with Crippen LogP contribution in [-0.4, -0.2) is 85.0 Å². The highest BCUT2D eigenvalue weighted by Gasteiger charge is 2.48. The van der Waals surface area contributed by atoms with Crippen LogP contribution < -0.4 is 16.0 Å². The summed E-state index contributed by atoms with van der Waals surface area (Å²) in [5.74, 6) is -0.0585. The summed E-state index contributed by atoms with van der Waals surface area (Å²) < 4.78 is 0. The Kier molecular flexibility index (Phi) is 7.94. The summed E-state index contributed by atoms with van der Waals surface area (Å²) in [6.07, 6.45) is 6.48. The number of aromatic nitrogens is 1. The van der Waals surface area contributed by atoms with Gasteiger partial charge < -0.3 is 30.7 Å². The number of hydrogen-bond acceptors (Lipinski definition) is 4. The quantitative estimate of drug-likeness (QED) is 0.365. The third kappa shape index (κ3) is 5.50. The SMILES string of the molecule is CN(C)C(=O)[C@@H]1CC2(CCN(C(=O)[C@@H](Cc3c[nH]c4ccccc34)NC(=O)NC3CCNCC3)CC2)c2ccccc21. The van der Waals surface area contributed by atoms with Gasteiger partial charge in [-0.2, -0.15) is 0 Å². The fourth-order valence-electron chi connectivity index (χ4n) is 7.35. The molecule has 3 heterocycles. The van der Waals surface area contributed by atoms with Gasteiger partial charge in [0, 0.05) is 62.2 Å². The number of carbonyl (C=O) groups is 3. The van der Waals surface area contributed by atoms with Crippen molar-refractivity contribution in [3.05, 3.63) is 71.4 Å². The third-order valence-electron chi connectivity index (χ3n) is 9.65. The lowest BCUT2D eigenvalue weighted by Crippen LogP contribution is -2.56. The molecule has 2 atom stereocenters. The van der Waals surface area contributed by atoms with Crippen LogP contribution in [0.1, 0.15) is 54.7 Å². The fourth-order valence-corrected chi connectivity index (χ4v) is 7.35. The molecule has 2 aliphatic heterocycles. The summed E-state index contributed by atoms with van der Waals surface area (Å²) in [4.78, 5) is 47.2. The largest absolute Gasteiger partial charge is 0.361 e. The van der Waals surface area contributed by atoms with E-state index in [1.54, 1.807) is 4.90 Å². The molecule has 1 aromatic heterocycles. The number of aromatic amines is 1. The number of urea groups is 1. The molecule has 0 saturated carbocycles. The van der Waals surface area contributed by atoms with Gasteiger partial charge in [-0.05, 0) is 68.0 Å². The van der Waals surface area contributed by atoms with Gasteiger partial charge in [0.2, 0.25) is 11.8 Å². The van der Waals surface area contributed by atoms with Crippen LogP contribution in [0.3, 0.4) is 0 Å². The number of nitrogens with one attached hydrogen (secondary N) is 4. The lowest BCUT2D eigenvalue weighted by atomic mass is 9.73. The van der Waals surface area contributed by atoms with Gasteiger partial charge in [-0.15, -0.1) is 0 Å². The monoisotopic (exact) mass is 570 g/mol. The molecule has 4 amide bonds. The lowest BCUT2D eigenvalue weighted by molar-refractivity contribution is -0.135. The van der Waals surface area contributed by atoms with Crippen molar-refractivity contribution >= 4 is 28.7 Å². The van der Waals surface area contributed by atoms with Crippen LogP contribution in [0, 0.1) is 0 Å². The van der Waals surface area contributed by atoms with Crippen LogP contribution in [0.2, 0.25) is 0 Å². The number of hydrogen-bond donors (Lipinski definition) is 4. The van der Waals surface area contributed by atoms with Crippen LogP contribution in [0.25, 0.3) is 10.9 Å². The van der Waals surface area contributed by atoms with E-state index in [4.69, 9.17) is 0 Å². The molecular formula is C33H42N6O3. The average Bonchev–Trinajstić information content (AvgIpc) is 3.56. The number of fused-ring (bicyclic) bond motifs is 3. The zero-order chi connectivity index (χ0) is 29.3. The van der Waals surface area contributed by atoms with Crippen molar-refractivity contribution in [1.29, 1.82) is 0 Å². The molecule has 3 aromatic rings. The van der Waals surface area contributed by atoms with Crippen LogP contribution in [-0.2, 0) is 21.4 Å². The van der Waals surface area contributed by atoms with Gasteiger partial charge in [0.1, 0.15) is 6.04 Å². The number of piperidine rings is 2. The van der Waals surface area contributed by atoms with Crippen LogP contribution in [0.5, 0.6) is 0 Å². The summed E-state index contributed by atoms with van der Waals surface area (Å²) in [5, 5.41) is 10.5. The Bertz CT molecular complexity index is 1450. The standard InChI is InChI=1S/C33H42N6O3/c1-38(2)30(40)26-20-33(27-9-5-3-8-25(26)27)13-17-39(18-14-33)31(41)29(37-32(42)36-23-11-15-34-16-12-23)19-22-21-35-28-10-6-4-7-24(22)28/h3-10,21,23,26,29,34-35H,11-20H2,1-2H3,(H2,36,37,42)/t26-,29-/m1/s1. The van der Waals surface area contributed by atoms with E-state index in [1.807, 2.05) is 55.5 Å². The minimum atomic E-state index is -0.682. The first-order valence-electron chi connectivity index (χ1n) is 15.3. The maximum Gasteiger partial charge on any atom is 0.315 e.